The number of piperidine rings is 1. The van der Waals surface area contributed by atoms with E-state index in [2.05, 4.69) is 10.3 Å². The summed E-state index contributed by atoms with van der Waals surface area (Å²) in [5.41, 5.74) is 1.45. The molecule has 2 amide bonds. The fourth-order valence-corrected chi connectivity index (χ4v) is 7.11. The highest BCUT2D eigenvalue weighted by molar-refractivity contribution is 7.91. The lowest BCUT2D eigenvalue weighted by Crippen LogP contribution is -2.41. The van der Waals surface area contributed by atoms with Crippen LogP contribution in [0, 0.1) is 12.8 Å². The third-order valence-corrected chi connectivity index (χ3v) is 9.61. The summed E-state index contributed by atoms with van der Waals surface area (Å²) in [4.78, 5) is 31.4. The number of nitrogens with one attached hydrogen (secondary N) is 1. The van der Waals surface area contributed by atoms with Crippen molar-refractivity contribution in [2.75, 3.05) is 31.5 Å². The predicted octanol–water partition coefficient (Wildman–Crippen LogP) is 3.51. The Bertz CT molecular complexity index is 1100. The molecule has 2 aromatic heterocycles. The van der Waals surface area contributed by atoms with Gasteiger partial charge in [-0.3, -0.25) is 9.59 Å². The Kier molecular flexibility index (Phi) is 7.45. The maximum Gasteiger partial charge on any atom is 0.254 e. The number of carbonyl (C=O) groups excluding carboxylic acids is 2. The third-order valence-electron chi connectivity index (χ3n) is 6.30. The molecule has 0 atom stereocenters. The smallest absolute Gasteiger partial charge is 0.254 e. The summed E-state index contributed by atoms with van der Waals surface area (Å²) in [6.45, 7) is 3.93. The molecule has 0 spiro atoms. The van der Waals surface area contributed by atoms with Gasteiger partial charge in [0.05, 0.1) is 5.56 Å². The van der Waals surface area contributed by atoms with Crippen molar-refractivity contribution in [2.45, 2.75) is 49.7 Å². The summed E-state index contributed by atoms with van der Waals surface area (Å²) in [5.74, 6) is 0.0267. The van der Waals surface area contributed by atoms with E-state index in [0.717, 1.165) is 55.7 Å². The standard InChI is InChI=1S/C23H30N4O4S2/c1-17-6-9-24-20(14-17)25-22(28)18-7-12-27(13-8-18)33(30,31)21-15-19(16-32-21)23(29)26-10-4-2-3-5-11-26/h6,9,14-16,18H,2-5,7-8,10-13H2,1H3,(H,24,25,28). The van der Waals surface area contributed by atoms with Gasteiger partial charge in [0, 0.05) is 43.7 Å². The normalized spacial score (nSPS) is 18.6. The van der Waals surface area contributed by atoms with Crippen LogP contribution >= 0.6 is 11.3 Å². The number of likely N-dealkylation sites (tertiary alicyclic amines) is 1. The molecule has 0 aromatic carbocycles. The highest BCUT2D eigenvalue weighted by Crippen LogP contribution is 2.29. The molecule has 0 bridgehead atoms. The van der Waals surface area contributed by atoms with Crippen molar-refractivity contribution in [1.29, 1.82) is 0 Å². The van der Waals surface area contributed by atoms with Crippen LogP contribution in [0.3, 0.4) is 0 Å². The van der Waals surface area contributed by atoms with Crippen molar-refractivity contribution >= 4 is 39.0 Å². The highest BCUT2D eigenvalue weighted by Gasteiger charge is 2.33. The number of rotatable bonds is 5. The van der Waals surface area contributed by atoms with Crippen LogP contribution in [0.1, 0.15) is 54.4 Å². The second-order valence-corrected chi connectivity index (χ2v) is 11.8. The molecular formula is C23H30N4O4S2. The van der Waals surface area contributed by atoms with E-state index in [1.165, 1.54) is 10.4 Å². The minimum atomic E-state index is -3.69. The zero-order valence-electron chi connectivity index (χ0n) is 18.8. The molecule has 0 radical (unpaired) electrons. The SMILES string of the molecule is Cc1ccnc(NC(=O)C2CCN(S(=O)(=O)c3cc(C(=O)N4CCCCCC4)cs3)CC2)c1. The van der Waals surface area contributed by atoms with E-state index in [1.807, 2.05) is 17.9 Å². The molecule has 4 rings (SSSR count). The first-order valence-electron chi connectivity index (χ1n) is 11.5. The molecule has 2 aromatic rings. The van der Waals surface area contributed by atoms with Crippen LogP contribution in [0.2, 0.25) is 0 Å². The lowest BCUT2D eigenvalue weighted by Gasteiger charge is -2.30. The lowest BCUT2D eigenvalue weighted by molar-refractivity contribution is -0.120. The van der Waals surface area contributed by atoms with E-state index in [9.17, 15) is 18.0 Å². The number of pyridine rings is 1. The molecule has 33 heavy (non-hydrogen) atoms. The molecule has 8 nitrogen and oxygen atoms in total. The molecule has 2 fully saturated rings. The van der Waals surface area contributed by atoms with Crippen LogP contribution in [0.15, 0.2) is 34.0 Å². The Balaban J connectivity index is 1.36. The molecule has 0 aliphatic carbocycles. The number of amides is 2. The first-order chi connectivity index (χ1) is 15.8. The van der Waals surface area contributed by atoms with Gasteiger partial charge in [-0.1, -0.05) is 12.8 Å². The Morgan fingerprint density at radius 3 is 2.42 bits per heavy atom. The van der Waals surface area contributed by atoms with E-state index in [4.69, 9.17) is 0 Å². The average molecular weight is 491 g/mol. The quantitative estimate of drug-likeness (QED) is 0.691. The molecule has 0 unspecified atom stereocenters. The maximum absolute atomic E-state index is 13.2. The number of sulfonamides is 1. The Morgan fingerprint density at radius 1 is 1.06 bits per heavy atom. The van der Waals surface area contributed by atoms with Gasteiger partial charge in [-0.25, -0.2) is 13.4 Å². The first kappa shape index (κ1) is 23.8. The van der Waals surface area contributed by atoms with E-state index < -0.39 is 10.0 Å². The molecule has 2 aliphatic rings. The van der Waals surface area contributed by atoms with Crippen molar-refractivity contribution in [3.63, 3.8) is 0 Å². The van der Waals surface area contributed by atoms with Crippen molar-refractivity contribution in [3.8, 4) is 0 Å². The van der Waals surface area contributed by atoms with Crippen LogP contribution < -0.4 is 5.32 Å². The zero-order chi connectivity index (χ0) is 23.4. The minimum Gasteiger partial charge on any atom is -0.339 e. The molecule has 0 saturated carbocycles. The van der Waals surface area contributed by atoms with Gasteiger partial charge in [0.2, 0.25) is 5.91 Å². The number of aryl methyl sites for hydroxylation is 1. The Morgan fingerprint density at radius 2 is 1.76 bits per heavy atom. The minimum absolute atomic E-state index is 0.0882. The number of carbonyl (C=O) groups is 2. The van der Waals surface area contributed by atoms with Crippen LogP contribution in [-0.2, 0) is 14.8 Å². The number of aromatic nitrogens is 1. The fraction of sp³-hybridized carbons (Fsp3) is 0.522. The molecule has 2 aliphatic heterocycles. The largest absolute Gasteiger partial charge is 0.339 e. The summed E-state index contributed by atoms with van der Waals surface area (Å²) < 4.78 is 27.9. The molecule has 178 valence electrons. The van der Waals surface area contributed by atoms with Crippen molar-refractivity contribution in [2.24, 2.45) is 5.92 Å². The molecule has 10 heteroatoms. The highest BCUT2D eigenvalue weighted by atomic mass is 32.2. The van der Waals surface area contributed by atoms with Gasteiger partial charge >= 0.3 is 0 Å². The van der Waals surface area contributed by atoms with Gasteiger partial charge in [0.15, 0.2) is 0 Å². The third kappa shape index (κ3) is 5.62. The van der Waals surface area contributed by atoms with Crippen molar-refractivity contribution in [3.05, 3.63) is 40.9 Å². The van der Waals surface area contributed by atoms with E-state index in [0.29, 0.717) is 24.2 Å². The van der Waals surface area contributed by atoms with Gasteiger partial charge in [0.25, 0.3) is 15.9 Å². The van der Waals surface area contributed by atoms with Crippen molar-refractivity contribution < 1.29 is 18.0 Å². The number of nitrogens with zero attached hydrogens (tertiary/aromatic N) is 3. The number of hydrogen-bond donors (Lipinski definition) is 1. The number of anilines is 1. The van der Waals surface area contributed by atoms with Gasteiger partial charge < -0.3 is 10.2 Å². The fourth-order valence-electron chi connectivity index (χ4n) is 4.34. The van der Waals surface area contributed by atoms with Crippen LogP contribution in [0.5, 0.6) is 0 Å². The van der Waals surface area contributed by atoms with Crippen LogP contribution in [0.4, 0.5) is 5.82 Å². The van der Waals surface area contributed by atoms with Crippen LogP contribution in [0.25, 0.3) is 0 Å². The Hall–Kier alpha value is -2.30. The van der Waals surface area contributed by atoms with E-state index in [1.54, 1.807) is 17.6 Å². The lowest BCUT2D eigenvalue weighted by atomic mass is 9.97. The first-order valence-corrected chi connectivity index (χ1v) is 13.8. The predicted molar refractivity (Wildman–Crippen MR) is 128 cm³/mol. The number of thiophene rings is 1. The summed E-state index contributed by atoms with van der Waals surface area (Å²) >= 11 is 1.09. The summed E-state index contributed by atoms with van der Waals surface area (Å²) in [5, 5.41) is 4.48. The van der Waals surface area contributed by atoms with E-state index in [-0.39, 0.29) is 35.0 Å². The molecule has 4 heterocycles. The summed E-state index contributed by atoms with van der Waals surface area (Å²) in [6, 6.07) is 5.17. The molecule has 1 N–H and O–H groups in total. The average Bonchev–Trinajstić information content (AvgIpc) is 3.16. The Labute approximate surface area is 199 Å². The van der Waals surface area contributed by atoms with Crippen LogP contribution in [-0.4, -0.2) is 60.6 Å². The zero-order valence-corrected chi connectivity index (χ0v) is 20.5. The van der Waals surface area contributed by atoms with Crippen molar-refractivity contribution in [1.82, 2.24) is 14.2 Å². The maximum atomic E-state index is 13.2. The summed E-state index contributed by atoms with van der Waals surface area (Å²) in [6.07, 6.45) is 6.77. The number of hydrogen-bond acceptors (Lipinski definition) is 6. The van der Waals surface area contributed by atoms with Gasteiger partial charge in [-0.2, -0.15) is 4.31 Å². The molecule has 2 saturated heterocycles. The van der Waals surface area contributed by atoms with Gasteiger partial charge in [0.1, 0.15) is 10.0 Å². The summed E-state index contributed by atoms with van der Waals surface area (Å²) in [7, 11) is -3.69. The van der Waals surface area contributed by atoms with E-state index >= 15 is 0 Å². The second-order valence-electron chi connectivity index (χ2n) is 8.75. The second kappa shape index (κ2) is 10.3. The topological polar surface area (TPSA) is 99.7 Å². The van der Waals surface area contributed by atoms with Gasteiger partial charge in [-0.15, -0.1) is 11.3 Å². The monoisotopic (exact) mass is 490 g/mol. The molecular weight excluding hydrogens is 460 g/mol. The van der Waals surface area contributed by atoms with Gasteiger partial charge in [-0.05, 0) is 56.4 Å².